The van der Waals surface area contributed by atoms with E-state index in [-0.39, 0.29) is 75.5 Å². The molecule has 0 aromatic rings. The molecule has 0 saturated carbocycles. The molecule has 0 atom stereocenters. The van der Waals surface area contributed by atoms with Crippen molar-refractivity contribution < 1.29 is 21.7 Å². The van der Waals surface area contributed by atoms with Crippen molar-refractivity contribution in [1.82, 2.24) is 0 Å². The number of halogens is 1. The van der Waals surface area contributed by atoms with Gasteiger partial charge in [0, 0.05) is 0 Å². The molecular weight excluding hydrogens is 268 g/mol. The standard InChI is InChI=1S/C5H5.2CH3.BrH.2H3Si.Ti/c1-2-4-5-3-1;;;;;;/h1-3H,4H2;2*1H3;1H;2*1H3;/q3*-1;;;;+3. The van der Waals surface area contributed by atoms with Crippen LogP contribution < -0.4 is 0 Å². The minimum atomic E-state index is 0. The first kappa shape index (κ1) is 40.0. The van der Waals surface area contributed by atoms with Crippen LogP contribution >= 0.6 is 17.0 Å². The third-order valence-electron chi connectivity index (χ3n) is 0.586. The Kier molecular flexibility index (Phi) is 111. The van der Waals surface area contributed by atoms with Crippen LogP contribution in [0.3, 0.4) is 0 Å². The molecule has 0 aliphatic heterocycles. The predicted molar refractivity (Wildman–Crippen MR) is 64.6 cm³/mol. The van der Waals surface area contributed by atoms with E-state index in [2.05, 4.69) is 12.2 Å². The van der Waals surface area contributed by atoms with Crippen molar-refractivity contribution in [2.75, 3.05) is 0 Å². The van der Waals surface area contributed by atoms with Crippen LogP contribution in [0.2, 0.25) is 0 Å². The Labute approximate surface area is 106 Å². The van der Waals surface area contributed by atoms with Gasteiger partial charge < -0.3 is 14.9 Å². The van der Waals surface area contributed by atoms with Gasteiger partial charge in [0.2, 0.25) is 0 Å². The van der Waals surface area contributed by atoms with Gasteiger partial charge >= 0.3 is 21.7 Å². The second-order valence-corrected chi connectivity index (χ2v) is 1.00. The fourth-order valence-corrected chi connectivity index (χ4v) is 0.340. The largest absolute Gasteiger partial charge is 3.00 e. The van der Waals surface area contributed by atoms with Crippen LogP contribution in [0.4, 0.5) is 0 Å². The molecule has 3 radical (unpaired) electrons. The molecule has 0 saturated heterocycles. The first-order chi connectivity index (χ1) is 2.50. The van der Waals surface area contributed by atoms with Gasteiger partial charge in [-0.1, -0.05) is 0 Å². The van der Waals surface area contributed by atoms with Crippen molar-refractivity contribution >= 4 is 38.9 Å². The van der Waals surface area contributed by atoms with E-state index in [4.69, 9.17) is 0 Å². The summed E-state index contributed by atoms with van der Waals surface area (Å²) in [6.45, 7) is 0. The molecule has 65 valence electrons. The SMILES string of the molecule is Br.[C-]1=CC=CC1.[CH3-].[CH3-].[SiH3].[SiH3].[Ti+3]. The summed E-state index contributed by atoms with van der Waals surface area (Å²) in [6.07, 6.45) is 10.0. The van der Waals surface area contributed by atoms with Crippen LogP contribution in [0.5, 0.6) is 0 Å². The van der Waals surface area contributed by atoms with E-state index < -0.39 is 0 Å². The van der Waals surface area contributed by atoms with Crippen molar-refractivity contribution in [3.63, 3.8) is 0 Å². The molecule has 0 unspecified atom stereocenters. The Balaban J connectivity index is -0.0000000104. The third-order valence-corrected chi connectivity index (χ3v) is 0.586. The molecule has 0 heterocycles. The minimum Gasteiger partial charge on any atom is -0.358 e. The van der Waals surface area contributed by atoms with Gasteiger partial charge in [0.25, 0.3) is 0 Å². The number of hydrogen-bond donors (Lipinski definition) is 0. The quantitative estimate of drug-likeness (QED) is 0.447. The van der Waals surface area contributed by atoms with Gasteiger partial charge in [-0.2, -0.15) is 6.08 Å². The van der Waals surface area contributed by atoms with Gasteiger partial charge in [0.15, 0.2) is 0 Å². The van der Waals surface area contributed by atoms with Crippen LogP contribution in [0, 0.1) is 20.9 Å². The van der Waals surface area contributed by atoms with Crippen LogP contribution in [-0.4, -0.2) is 21.9 Å². The first-order valence-electron chi connectivity index (χ1n) is 1.72. The smallest absolute Gasteiger partial charge is 0.358 e. The zero-order chi connectivity index (χ0) is 3.54. The Morgan fingerprint density at radius 1 is 1.09 bits per heavy atom. The molecule has 1 rings (SSSR count). The molecule has 0 bridgehead atoms. The molecule has 0 nitrogen and oxygen atoms in total. The molecule has 0 amide bonds. The Hall–Kier alpha value is 1.11. The van der Waals surface area contributed by atoms with Gasteiger partial charge in [-0.15, -0.1) is 23.4 Å². The third kappa shape index (κ3) is 24.7. The summed E-state index contributed by atoms with van der Waals surface area (Å²) >= 11 is 0. The zero-order valence-electron chi connectivity index (χ0n) is 7.85. The average Bonchev–Trinajstić information content (AvgIpc) is 1.76. The average molecular weight is 286 g/mol. The molecule has 0 spiro atoms. The molecule has 0 N–H and O–H groups in total. The molecule has 11 heavy (non-hydrogen) atoms. The van der Waals surface area contributed by atoms with E-state index in [1.165, 1.54) is 0 Å². The molecule has 0 fully saturated rings. The van der Waals surface area contributed by atoms with Gasteiger partial charge in [-0.05, 0) is 21.9 Å². The molecule has 1 aliphatic carbocycles. The first-order valence-corrected chi connectivity index (χ1v) is 1.72. The van der Waals surface area contributed by atoms with Gasteiger partial charge in [0.1, 0.15) is 0 Å². The molecular formula is C7H18BrSi2Ti. The normalized spacial score (nSPS) is 8.00. The van der Waals surface area contributed by atoms with E-state index in [0.717, 1.165) is 6.42 Å². The second kappa shape index (κ2) is 30.4. The van der Waals surface area contributed by atoms with E-state index in [9.17, 15) is 0 Å². The van der Waals surface area contributed by atoms with Crippen molar-refractivity contribution in [3.05, 3.63) is 39.2 Å². The number of allylic oxidation sites excluding steroid dienone is 4. The summed E-state index contributed by atoms with van der Waals surface area (Å²) in [7, 11) is 0. The summed E-state index contributed by atoms with van der Waals surface area (Å²) in [5, 5.41) is 0. The topological polar surface area (TPSA) is 0 Å². The van der Waals surface area contributed by atoms with Crippen molar-refractivity contribution in [3.8, 4) is 0 Å². The van der Waals surface area contributed by atoms with Crippen LogP contribution in [0.25, 0.3) is 0 Å². The summed E-state index contributed by atoms with van der Waals surface area (Å²) in [6, 6.07) is 0. The number of rotatable bonds is 0. The molecule has 4 heteroatoms. The monoisotopic (exact) mass is 285 g/mol. The molecule has 1 aliphatic rings. The molecule has 0 aromatic heterocycles. The predicted octanol–water partition coefficient (Wildman–Crippen LogP) is 0.414. The van der Waals surface area contributed by atoms with E-state index in [1.54, 1.807) is 0 Å². The summed E-state index contributed by atoms with van der Waals surface area (Å²) in [4.78, 5) is 0. The van der Waals surface area contributed by atoms with E-state index >= 15 is 0 Å². The maximum Gasteiger partial charge on any atom is 3.00 e. The van der Waals surface area contributed by atoms with Crippen LogP contribution in [-0.2, 0) is 21.7 Å². The summed E-state index contributed by atoms with van der Waals surface area (Å²) in [5.74, 6) is 0. The zero-order valence-corrected chi connectivity index (χ0v) is 15.1. The fraction of sp³-hybridized carbons (Fsp3) is 0.143. The van der Waals surface area contributed by atoms with Gasteiger partial charge in [-0.3, -0.25) is 6.08 Å². The Bertz CT molecular complexity index is 74.5. The second-order valence-electron chi connectivity index (χ2n) is 1.00. The van der Waals surface area contributed by atoms with E-state index in [1.807, 2.05) is 12.2 Å². The summed E-state index contributed by atoms with van der Waals surface area (Å²) in [5.41, 5.74) is 0. The summed E-state index contributed by atoms with van der Waals surface area (Å²) < 4.78 is 0. The van der Waals surface area contributed by atoms with Crippen LogP contribution in [0.1, 0.15) is 6.42 Å². The fourth-order valence-electron chi connectivity index (χ4n) is 0.340. The maximum absolute atomic E-state index is 2.99. The molecule has 0 aromatic carbocycles. The number of hydrogen-bond acceptors (Lipinski definition) is 0. The Morgan fingerprint density at radius 2 is 1.55 bits per heavy atom. The van der Waals surface area contributed by atoms with Crippen molar-refractivity contribution in [2.45, 2.75) is 6.42 Å². The van der Waals surface area contributed by atoms with Crippen molar-refractivity contribution in [1.29, 1.82) is 0 Å². The van der Waals surface area contributed by atoms with Gasteiger partial charge in [-0.25, -0.2) is 12.2 Å². The van der Waals surface area contributed by atoms with Gasteiger partial charge in [0.05, 0.1) is 0 Å². The van der Waals surface area contributed by atoms with Crippen LogP contribution in [0.15, 0.2) is 18.2 Å². The maximum atomic E-state index is 2.99. The Morgan fingerprint density at radius 3 is 1.64 bits per heavy atom. The van der Waals surface area contributed by atoms with Crippen molar-refractivity contribution in [2.24, 2.45) is 0 Å². The minimum absolute atomic E-state index is 0. The van der Waals surface area contributed by atoms with E-state index in [0.29, 0.717) is 0 Å².